The van der Waals surface area contributed by atoms with Gasteiger partial charge in [-0.25, -0.2) is 9.78 Å². The molecule has 3 heteroatoms. The Labute approximate surface area is 147 Å². The van der Waals surface area contributed by atoms with Crippen molar-refractivity contribution >= 4 is 5.97 Å². The Morgan fingerprint density at radius 2 is 1.76 bits per heavy atom. The van der Waals surface area contributed by atoms with Gasteiger partial charge in [-0.3, -0.25) is 0 Å². The number of fused-ring (bicyclic) bond motifs is 3. The van der Waals surface area contributed by atoms with Gasteiger partial charge >= 0.3 is 5.97 Å². The van der Waals surface area contributed by atoms with Crippen LogP contribution in [0.3, 0.4) is 0 Å². The first-order chi connectivity index (χ1) is 12.3. The van der Waals surface area contributed by atoms with E-state index in [2.05, 4.69) is 35.3 Å². The third-order valence-corrected chi connectivity index (χ3v) is 4.61. The van der Waals surface area contributed by atoms with Crippen molar-refractivity contribution in [1.29, 1.82) is 0 Å². The van der Waals surface area contributed by atoms with E-state index < -0.39 is 0 Å². The zero-order valence-corrected chi connectivity index (χ0v) is 14.2. The molecule has 0 saturated heterocycles. The molecule has 0 spiro atoms. The lowest BCUT2D eigenvalue weighted by Crippen LogP contribution is -2.13. The summed E-state index contributed by atoms with van der Waals surface area (Å²) < 4.78 is 5.20. The largest absolute Gasteiger partial charge is 0.461 e. The van der Waals surface area contributed by atoms with Crippen molar-refractivity contribution in [2.45, 2.75) is 19.8 Å². The van der Waals surface area contributed by atoms with Gasteiger partial charge in [0.2, 0.25) is 0 Å². The summed E-state index contributed by atoms with van der Waals surface area (Å²) in [4.78, 5) is 17.0. The number of carbonyl (C=O) groups excluding carboxylic acids is 1. The zero-order valence-electron chi connectivity index (χ0n) is 14.2. The summed E-state index contributed by atoms with van der Waals surface area (Å²) in [6.45, 7) is 2.15. The lowest BCUT2D eigenvalue weighted by atomic mass is 9.84. The summed E-state index contributed by atoms with van der Waals surface area (Å²) >= 11 is 0. The fourth-order valence-corrected chi connectivity index (χ4v) is 3.46. The van der Waals surface area contributed by atoms with Crippen LogP contribution in [0.5, 0.6) is 0 Å². The number of esters is 1. The number of pyridine rings is 1. The number of aryl methyl sites for hydroxylation is 1. The fourth-order valence-electron chi connectivity index (χ4n) is 3.46. The Kier molecular flexibility index (Phi) is 4.06. The predicted octanol–water partition coefficient (Wildman–Crippen LogP) is 4.69. The standard InChI is InChI=1S/C22H19NO2/c1-2-25-22(24)20-14-19(15-8-4-3-5-9-15)18-13-12-16-10-6-7-11-17(16)21(18)23-20/h3-11,14H,2,12-13H2,1H3. The normalized spacial score (nSPS) is 12.2. The van der Waals surface area contributed by atoms with E-state index in [-0.39, 0.29) is 5.97 Å². The third kappa shape index (κ3) is 2.82. The summed E-state index contributed by atoms with van der Waals surface area (Å²) in [5.74, 6) is -0.370. The smallest absolute Gasteiger partial charge is 0.356 e. The molecule has 0 fully saturated rings. The Morgan fingerprint density at radius 1 is 1.00 bits per heavy atom. The minimum Gasteiger partial charge on any atom is -0.461 e. The molecule has 0 unspecified atom stereocenters. The van der Waals surface area contributed by atoms with E-state index in [4.69, 9.17) is 4.74 Å². The van der Waals surface area contributed by atoms with Crippen LogP contribution in [-0.2, 0) is 17.6 Å². The molecule has 0 aliphatic heterocycles. The van der Waals surface area contributed by atoms with Gasteiger partial charge in [-0.05, 0) is 48.1 Å². The molecule has 2 aromatic carbocycles. The Balaban J connectivity index is 1.96. The fraction of sp³-hybridized carbons (Fsp3) is 0.182. The second-order valence-corrected chi connectivity index (χ2v) is 6.13. The van der Waals surface area contributed by atoms with Crippen LogP contribution in [0, 0.1) is 0 Å². The van der Waals surface area contributed by atoms with Crippen LogP contribution >= 0.6 is 0 Å². The average Bonchev–Trinajstić information content (AvgIpc) is 2.68. The number of carbonyl (C=O) groups is 1. The van der Waals surface area contributed by atoms with Crippen molar-refractivity contribution in [2.24, 2.45) is 0 Å². The van der Waals surface area contributed by atoms with Crippen LogP contribution in [0.2, 0.25) is 0 Å². The van der Waals surface area contributed by atoms with Crippen molar-refractivity contribution in [3.8, 4) is 22.4 Å². The molecule has 1 aromatic heterocycles. The molecule has 0 saturated carbocycles. The maximum Gasteiger partial charge on any atom is 0.356 e. The molecular weight excluding hydrogens is 310 g/mol. The lowest BCUT2D eigenvalue weighted by Gasteiger charge is -2.22. The minimum absolute atomic E-state index is 0.342. The summed E-state index contributed by atoms with van der Waals surface area (Å²) in [5, 5.41) is 0. The van der Waals surface area contributed by atoms with Gasteiger partial charge in [0.15, 0.2) is 0 Å². The molecule has 25 heavy (non-hydrogen) atoms. The first-order valence-corrected chi connectivity index (χ1v) is 8.62. The molecule has 3 aromatic rings. The van der Waals surface area contributed by atoms with E-state index in [1.54, 1.807) is 0 Å². The topological polar surface area (TPSA) is 39.2 Å². The summed E-state index contributed by atoms with van der Waals surface area (Å²) in [6, 6.07) is 20.4. The van der Waals surface area contributed by atoms with Gasteiger partial charge in [-0.2, -0.15) is 0 Å². The van der Waals surface area contributed by atoms with Gasteiger partial charge in [0.25, 0.3) is 0 Å². The van der Waals surface area contributed by atoms with Gasteiger partial charge in [0.05, 0.1) is 12.3 Å². The zero-order chi connectivity index (χ0) is 17.2. The first kappa shape index (κ1) is 15.6. The second kappa shape index (κ2) is 6.52. The number of nitrogens with zero attached hydrogens (tertiary/aromatic N) is 1. The first-order valence-electron chi connectivity index (χ1n) is 8.62. The SMILES string of the molecule is CCOC(=O)c1cc(-c2ccccc2)c2c(n1)-c1ccccc1CC2. The number of ether oxygens (including phenoxy) is 1. The van der Waals surface area contributed by atoms with Gasteiger partial charge in [0.1, 0.15) is 5.69 Å². The maximum atomic E-state index is 12.3. The van der Waals surface area contributed by atoms with Crippen LogP contribution in [0.25, 0.3) is 22.4 Å². The van der Waals surface area contributed by atoms with Gasteiger partial charge < -0.3 is 4.74 Å². The molecule has 0 bridgehead atoms. The molecule has 1 heterocycles. The summed E-state index contributed by atoms with van der Waals surface area (Å²) in [6.07, 6.45) is 1.91. The predicted molar refractivity (Wildman–Crippen MR) is 98.5 cm³/mol. The molecule has 3 nitrogen and oxygen atoms in total. The molecule has 1 aliphatic carbocycles. The molecule has 124 valence electrons. The Morgan fingerprint density at radius 3 is 2.56 bits per heavy atom. The van der Waals surface area contributed by atoms with Crippen molar-refractivity contribution < 1.29 is 9.53 Å². The number of hydrogen-bond donors (Lipinski definition) is 0. The Bertz CT molecular complexity index is 915. The molecule has 0 N–H and O–H groups in total. The average molecular weight is 329 g/mol. The van der Waals surface area contributed by atoms with E-state index in [1.165, 1.54) is 11.1 Å². The lowest BCUT2D eigenvalue weighted by molar-refractivity contribution is 0.0519. The van der Waals surface area contributed by atoms with Crippen LogP contribution in [-0.4, -0.2) is 17.6 Å². The highest BCUT2D eigenvalue weighted by Gasteiger charge is 2.23. The molecule has 1 aliphatic rings. The highest BCUT2D eigenvalue weighted by atomic mass is 16.5. The second-order valence-electron chi connectivity index (χ2n) is 6.13. The van der Waals surface area contributed by atoms with E-state index in [0.717, 1.165) is 35.2 Å². The highest BCUT2D eigenvalue weighted by molar-refractivity contribution is 5.92. The number of hydrogen-bond acceptors (Lipinski definition) is 3. The van der Waals surface area contributed by atoms with Crippen molar-refractivity contribution in [3.05, 3.63) is 77.5 Å². The molecule has 0 radical (unpaired) electrons. The number of benzene rings is 2. The number of rotatable bonds is 3. The van der Waals surface area contributed by atoms with Crippen LogP contribution in [0.15, 0.2) is 60.7 Å². The van der Waals surface area contributed by atoms with Crippen LogP contribution in [0.1, 0.15) is 28.5 Å². The van der Waals surface area contributed by atoms with Crippen molar-refractivity contribution in [1.82, 2.24) is 4.98 Å². The summed E-state index contributed by atoms with van der Waals surface area (Å²) in [7, 11) is 0. The van der Waals surface area contributed by atoms with Crippen molar-refractivity contribution in [2.75, 3.05) is 6.61 Å². The van der Waals surface area contributed by atoms with E-state index >= 15 is 0 Å². The molecule has 0 atom stereocenters. The van der Waals surface area contributed by atoms with E-state index in [0.29, 0.717) is 12.3 Å². The molecule has 4 rings (SSSR count). The number of aromatic nitrogens is 1. The van der Waals surface area contributed by atoms with Gasteiger partial charge in [-0.15, -0.1) is 0 Å². The van der Waals surface area contributed by atoms with Crippen LogP contribution < -0.4 is 0 Å². The third-order valence-electron chi connectivity index (χ3n) is 4.61. The molecular formula is C22H19NO2. The minimum atomic E-state index is -0.370. The van der Waals surface area contributed by atoms with E-state index in [1.807, 2.05) is 37.3 Å². The van der Waals surface area contributed by atoms with Gasteiger partial charge in [-0.1, -0.05) is 54.6 Å². The van der Waals surface area contributed by atoms with E-state index in [9.17, 15) is 4.79 Å². The van der Waals surface area contributed by atoms with Crippen molar-refractivity contribution in [3.63, 3.8) is 0 Å². The highest BCUT2D eigenvalue weighted by Crippen LogP contribution is 2.38. The van der Waals surface area contributed by atoms with Crippen LogP contribution in [0.4, 0.5) is 0 Å². The quantitative estimate of drug-likeness (QED) is 0.654. The van der Waals surface area contributed by atoms with Gasteiger partial charge in [0, 0.05) is 5.56 Å². The monoisotopic (exact) mass is 329 g/mol. The Hall–Kier alpha value is -2.94. The molecule has 0 amide bonds. The summed E-state index contributed by atoms with van der Waals surface area (Å²) in [5.41, 5.74) is 7.06. The maximum absolute atomic E-state index is 12.3.